The van der Waals surface area contributed by atoms with Gasteiger partial charge in [-0.05, 0) is 68.2 Å². The number of esters is 1. The van der Waals surface area contributed by atoms with Gasteiger partial charge in [0.25, 0.3) is 5.56 Å². The molecule has 0 fully saturated rings. The zero-order valence-corrected chi connectivity index (χ0v) is 21.1. The molecule has 8 heteroatoms. The summed E-state index contributed by atoms with van der Waals surface area (Å²) in [6, 6.07) is 3.12. The van der Waals surface area contributed by atoms with E-state index in [0.717, 1.165) is 41.3 Å². The molecule has 0 spiro atoms. The summed E-state index contributed by atoms with van der Waals surface area (Å²) in [6.45, 7) is 7.35. The fourth-order valence-corrected chi connectivity index (χ4v) is 6.03. The van der Waals surface area contributed by atoms with E-state index in [2.05, 4.69) is 0 Å². The van der Waals surface area contributed by atoms with Crippen molar-refractivity contribution in [2.45, 2.75) is 78.0 Å². The second kappa shape index (κ2) is 8.78. The molecule has 7 nitrogen and oxygen atoms in total. The first-order chi connectivity index (χ1) is 17.2. The lowest BCUT2D eigenvalue weighted by atomic mass is 9.76. The quantitative estimate of drug-likeness (QED) is 0.418. The Kier molecular flexibility index (Phi) is 6.00. The highest BCUT2D eigenvalue weighted by molar-refractivity contribution is 5.93. The maximum Gasteiger partial charge on any atom is 0.342 e. The highest BCUT2D eigenvalue weighted by Crippen LogP contribution is 2.47. The number of hydrogen-bond acceptors (Lipinski definition) is 6. The number of aliphatic hydroxyl groups excluding tert-OH is 1. The third-order valence-electron chi connectivity index (χ3n) is 7.84. The minimum atomic E-state index is -1.93. The minimum Gasteiger partial charge on any atom is -0.458 e. The first-order valence-corrected chi connectivity index (χ1v) is 12.7. The fourth-order valence-electron chi connectivity index (χ4n) is 6.03. The smallest absolute Gasteiger partial charge is 0.342 e. The van der Waals surface area contributed by atoms with Crippen molar-refractivity contribution in [2.24, 2.45) is 0 Å². The van der Waals surface area contributed by atoms with Gasteiger partial charge in [0.2, 0.25) is 0 Å². The van der Waals surface area contributed by atoms with E-state index in [1.165, 1.54) is 13.0 Å². The standard InChI is InChI=1S/C26H25FN2O5.C2H6/c1-12-14-6-5-13(4-3-7-30)21-15-10-29-20(23(15)28-19(22(14)21)9-18(12)27)8-17-16(24(29)31)11-34-25(32)26(17,2)33;1-2/h8-9,13,30,33H,3-7,10-11H2,1-2H3;1-2H3. The van der Waals surface area contributed by atoms with E-state index in [9.17, 15) is 24.2 Å². The lowest BCUT2D eigenvalue weighted by Crippen LogP contribution is -2.42. The number of aromatic nitrogens is 2. The van der Waals surface area contributed by atoms with Crippen LogP contribution in [0.5, 0.6) is 0 Å². The number of aryl methyl sites for hydroxylation is 1. The number of aliphatic hydroxyl groups is 2. The van der Waals surface area contributed by atoms with E-state index in [1.54, 1.807) is 17.6 Å². The average molecular weight is 495 g/mol. The molecule has 36 heavy (non-hydrogen) atoms. The van der Waals surface area contributed by atoms with E-state index < -0.39 is 11.6 Å². The minimum absolute atomic E-state index is 0.0950. The van der Waals surface area contributed by atoms with Gasteiger partial charge < -0.3 is 19.5 Å². The Balaban J connectivity index is 0.00000130. The number of hydrogen-bond donors (Lipinski definition) is 2. The molecule has 1 aliphatic carbocycles. The van der Waals surface area contributed by atoms with Crippen molar-refractivity contribution < 1.29 is 24.1 Å². The summed E-state index contributed by atoms with van der Waals surface area (Å²) in [5, 5.41) is 21.2. The Morgan fingerprint density at radius 2 is 1.97 bits per heavy atom. The monoisotopic (exact) mass is 494 g/mol. The SMILES string of the molecule is CC.Cc1c(F)cc2nc3c(c4c2c1CCC4CCCO)Cn1c-3cc2c(c1=O)COC(=O)C2(C)O. The maximum absolute atomic E-state index is 14.8. The molecule has 2 aromatic heterocycles. The van der Waals surface area contributed by atoms with Crippen LogP contribution in [0, 0.1) is 12.7 Å². The highest BCUT2D eigenvalue weighted by atomic mass is 19.1. The Bertz CT molecular complexity index is 1470. The molecule has 6 rings (SSSR count). The molecule has 2 unspecified atom stereocenters. The maximum atomic E-state index is 14.8. The molecule has 0 saturated heterocycles. The van der Waals surface area contributed by atoms with E-state index in [4.69, 9.17) is 9.72 Å². The van der Waals surface area contributed by atoms with Crippen molar-refractivity contribution >= 4 is 16.9 Å². The number of halogens is 1. The molecule has 1 aromatic carbocycles. The topological polar surface area (TPSA) is 102 Å². The highest BCUT2D eigenvalue weighted by Gasteiger charge is 2.43. The number of carbonyl (C=O) groups is 1. The molecule has 2 N–H and O–H groups in total. The van der Waals surface area contributed by atoms with Crippen molar-refractivity contribution in [3.63, 3.8) is 0 Å². The van der Waals surface area contributed by atoms with Crippen LogP contribution in [0.2, 0.25) is 0 Å². The van der Waals surface area contributed by atoms with Gasteiger partial charge in [0.05, 0.1) is 29.0 Å². The Morgan fingerprint density at radius 3 is 2.69 bits per heavy atom. The third-order valence-corrected chi connectivity index (χ3v) is 7.84. The van der Waals surface area contributed by atoms with Gasteiger partial charge in [-0.3, -0.25) is 4.79 Å². The van der Waals surface area contributed by atoms with E-state index in [-0.39, 0.29) is 41.6 Å². The lowest BCUT2D eigenvalue weighted by Gasteiger charge is -2.29. The van der Waals surface area contributed by atoms with Crippen LogP contribution < -0.4 is 5.56 Å². The number of carbonyl (C=O) groups excluding carboxylic acids is 1. The molecular formula is C28H31FN2O5. The third kappa shape index (κ3) is 3.34. The van der Waals surface area contributed by atoms with Gasteiger partial charge in [0, 0.05) is 29.2 Å². The Morgan fingerprint density at radius 1 is 1.22 bits per heavy atom. The van der Waals surface area contributed by atoms with Crippen LogP contribution in [-0.2, 0) is 34.7 Å². The normalized spacial score (nSPS) is 21.3. The van der Waals surface area contributed by atoms with Crippen molar-refractivity contribution in [2.75, 3.05) is 6.61 Å². The largest absolute Gasteiger partial charge is 0.458 e. The molecular weight excluding hydrogens is 463 g/mol. The molecule has 2 atom stereocenters. The molecule has 3 aliphatic rings. The van der Waals surface area contributed by atoms with Crippen LogP contribution in [0.4, 0.5) is 4.39 Å². The van der Waals surface area contributed by atoms with E-state index >= 15 is 0 Å². The van der Waals surface area contributed by atoms with Gasteiger partial charge >= 0.3 is 5.97 Å². The molecule has 0 radical (unpaired) electrons. The van der Waals surface area contributed by atoms with Crippen molar-refractivity contribution in [1.82, 2.24) is 9.55 Å². The average Bonchev–Trinajstić information content (AvgIpc) is 3.24. The number of pyridine rings is 2. The lowest BCUT2D eigenvalue weighted by molar-refractivity contribution is -0.169. The number of rotatable bonds is 3. The van der Waals surface area contributed by atoms with Crippen LogP contribution in [0.15, 0.2) is 16.9 Å². The summed E-state index contributed by atoms with van der Waals surface area (Å²) in [5.74, 6) is -0.937. The van der Waals surface area contributed by atoms with E-state index in [0.29, 0.717) is 35.4 Å². The summed E-state index contributed by atoms with van der Waals surface area (Å²) in [5.41, 5.74) is 3.49. The van der Waals surface area contributed by atoms with Crippen LogP contribution in [0.3, 0.4) is 0 Å². The van der Waals surface area contributed by atoms with Crippen molar-refractivity contribution in [1.29, 1.82) is 0 Å². The van der Waals surface area contributed by atoms with Gasteiger partial charge in [-0.15, -0.1) is 0 Å². The molecule has 2 aliphatic heterocycles. The van der Waals surface area contributed by atoms with Gasteiger partial charge in [-0.1, -0.05) is 13.8 Å². The molecule has 4 heterocycles. The van der Waals surface area contributed by atoms with Gasteiger partial charge in [-0.2, -0.15) is 0 Å². The fraction of sp³-hybridized carbons (Fsp3) is 0.464. The first-order valence-electron chi connectivity index (χ1n) is 12.7. The van der Waals surface area contributed by atoms with Crippen molar-refractivity contribution in [3.8, 4) is 11.4 Å². The van der Waals surface area contributed by atoms with Gasteiger partial charge in [-0.25, -0.2) is 14.2 Å². The summed E-state index contributed by atoms with van der Waals surface area (Å²) < 4.78 is 21.5. The molecule has 0 amide bonds. The number of fused-ring (bicyclic) bond motifs is 5. The molecule has 190 valence electrons. The molecule has 0 bridgehead atoms. The number of cyclic esters (lactones) is 1. The summed E-state index contributed by atoms with van der Waals surface area (Å²) >= 11 is 0. The Labute approximate surface area is 208 Å². The van der Waals surface area contributed by atoms with Crippen molar-refractivity contribution in [3.05, 3.63) is 61.7 Å². The van der Waals surface area contributed by atoms with Gasteiger partial charge in [0.15, 0.2) is 5.60 Å². The first kappa shape index (κ1) is 24.6. The predicted molar refractivity (Wildman–Crippen MR) is 133 cm³/mol. The molecule has 0 saturated carbocycles. The predicted octanol–water partition coefficient (Wildman–Crippen LogP) is 3.97. The van der Waals surface area contributed by atoms with Crippen LogP contribution in [0.1, 0.15) is 79.3 Å². The zero-order chi connectivity index (χ0) is 25.9. The summed E-state index contributed by atoms with van der Waals surface area (Å²) in [7, 11) is 0. The zero-order valence-electron chi connectivity index (χ0n) is 21.1. The van der Waals surface area contributed by atoms with Crippen LogP contribution >= 0.6 is 0 Å². The number of nitrogens with zero attached hydrogens (tertiary/aromatic N) is 2. The number of benzene rings is 1. The summed E-state index contributed by atoms with van der Waals surface area (Å²) in [4.78, 5) is 30.5. The van der Waals surface area contributed by atoms with Crippen LogP contribution in [-0.4, -0.2) is 32.3 Å². The van der Waals surface area contributed by atoms with Gasteiger partial charge in [0.1, 0.15) is 12.4 Å². The number of ether oxygens (including phenoxy) is 1. The van der Waals surface area contributed by atoms with E-state index in [1.807, 2.05) is 13.8 Å². The van der Waals surface area contributed by atoms with Crippen LogP contribution in [0.25, 0.3) is 22.3 Å². The Hall–Kier alpha value is -3.10. The molecule has 3 aromatic rings. The second-order valence-electron chi connectivity index (χ2n) is 9.77. The summed E-state index contributed by atoms with van der Waals surface area (Å²) in [6.07, 6.45) is 3.02. The second-order valence-corrected chi connectivity index (χ2v) is 9.77.